The number of esters is 1. The van der Waals surface area contributed by atoms with E-state index >= 15 is 0 Å². The summed E-state index contributed by atoms with van der Waals surface area (Å²) in [5, 5.41) is 0. The van der Waals surface area contributed by atoms with Crippen molar-refractivity contribution in [2.75, 3.05) is 7.11 Å². The molecule has 0 saturated heterocycles. The maximum absolute atomic E-state index is 10.9. The Balaban J connectivity index is 3.92. The van der Waals surface area contributed by atoms with Crippen molar-refractivity contribution >= 4 is 5.97 Å². The summed E-state index contributed by atoms with van der Waals surface area (Å²) < 4.78 is 4.46. The topological polar surface area (TPSA) is 52.3 Å². The van der Waals surface area contributed by atoms with Crippen molar-refractivity contribution in [2.45, 2.75) is 33.6 Å². The highest BCUT2D eigenvalue weighted by Gasteiger charge is 2.09. The SMILES string of the molecule is COC(=O)/C(N)=C/CCC(C)(C)C. The Hall–Kier alpha value is -0.990. The van der Waals surface area contributed by atoms with E-state index in [9.17, 15) is 4.79 Å². The van der Waals surface area contributed by atoms with Crippen molar-refractivity contribution in [3.05, 3.63) is 11.8 Å². The number of allylic oxidation sites excluding steroid dienone is 1. The summed E-state index contributed by atoms with van der Waals surface area (Å²) in [5.74, 6) is -0.450. The Morgan fingerprint density at radius 3 is 2.38 bits per heavy atom. The molecule has 3 heteroatoms. The molecule has 0 aliphatic carbocycles. The van der Waals surface area contributed by atoms with E-state index < -0.39 is 5.97 Å². The van der Waals surface area contributed by atoms with Crippen LogP contribution in [0.1, 0.15) is 33.6 Å². The monoisotopic (exact) mass is 185 g/mol. The molecular formula is C10H19NO2. The van der Waals surface area contributed by atoms with E-state index in [-0.39, 0.29) is 11.1 Å². The minimum Gasteiger partial charge on any atom is -0.464 e. The zero-order chi connectivity index (χ0) is 10.5. The van der Waals surface area contributed by atoms with Gasteiger partial charge in [-0.1, -0.05) is 26.8 Å². The molecule has 0 aromatic carbocycles. The summed E-state index contributed by atoms with van der Waals surface area (Å²) in [5.41, 5.74) is 5.92. The van der Waals surface area contributed by atoms with Gasteiger partial charge in [-0.25, -0.2) is 4.79 Å². The molecule has 0 aliphatic rings. The van der Waals surface area contributed by atoms with Crippen LogP contribution in [0.3, 0.4) is 0 Å². The van der Waals surface area contributed by atoms with Crippen LogP contribution in [-0.4, -0.2) is 13.1 Å². The minimum atomic E-state index is -0.450. The van der Waals surface area contributed by atoms with E-state index in [2.05, 4.69) is 25.5 Å². The molecule has 0 amide bonds. The van der Waals surface area contributed by atoms with Crippen molar-refractivity contribution in [3.8, 4) is 0 Å². The molecule has 13 heavy (non-hydrogen) atoms. The Bertz CT molecular complexity index is 201. The summed E-state index contributed by atoms with van der Waals surface area (Å²) in [6.07, 6.45) is 3.53. The molecule has 0 saturated carbocycles. The number of rotatable bonds is 3. The molecule has 0 atom stereocenters. The average Bonchev–Trinajstić information content (AvgIpc) is 2.00. The lowest BCUT2D eigenvalue weighted by atomic mass is 9.90. The lowest BCUT2D eigenvalue weighted by Crippen LogP contribution is -2.13. The number of ether oxygens (including phenoxy) is 1. The maximum Gasteiger partial charge on any atom is 0.353 e. The van der Waals surface area contributed by atoms with Gasteiger partial charge in [0.25, 0.3) is 0 Å². The Morgan fingerprint density at radius 1 is 1.46 bits per heavy atom. The number of carbonyl (C=O) groups excluding carboxylic acids is 1. The summed E-state index contributed by atoms with van der Waals surface area (Å²) in [6, 6.07) is 0. The van der Waals surface area contributed by atoms with E-state index in [0.717, 1.165) is 12.8 Å². The van der Waals surface area contributed by atoms with E-state index in [1.807, 2.05) is 0 Å². The molecule has 0 unspecified atom stereocenters. The van der Waals surface area contributed by atoms with Crippen LogP contribution in [0.25, 0.3) is 0 Å². The van der Waals surface area contributed by atoms with Crippen LogP contribution in [0.4, 0.5) is 0 Å². The lowest BCUT2D eigenvalue weighted by Gasteiger charge is -2.16. The largest absolute Gasteiger partial charge is 0.464 e. The third-order valence-corrected chi connectivity index (χ3v) is 1.68. The molecule has 0 aliphatic heterocycles. The predicted octanol–water partition coefficient (Wildman–Crippen LogP) is 1.83. The fourth-order valence-corrected chi connectivity index (χ4v) is 0.862. The highest BCUT2D eigenvalue weighted by atomic mass is 16.5. The predicted molar refractivity (Wildman–Crippen MR) is 53.0 cm³/mol. The number of methoxy groups -OCH3 is 1. The van der Waals surface area contributed by atoms with Crippen molar-refractivity contribution in [2.24, 2.45) is 11.1 Å². The van der Waals surface area contributed by atoms with Gasteiger partial charge in [-0.15, -0.1) is 0 Å². The zero-order valence-corrected chi connectivity index (χ0v) is 8.89. The second-order valence-corrected chi connectivity index (χ2v) is 4.25. The van der Waals surface area contributed by atoms with Gasteiger partial charge in [-0.05, 0) is 18.3 Å². The molecule has 0 aromatic heterocycles. The normalized spacial score (nSPS) is 12.8. The number of hydrogen-bond donors (Lipinski definition) is 1. The van der Waals surface area contributed by atoms with Gasteiger partial charge in [0.2, 0.25) is 0 Å². The molecule has 0 radical (unpaired) electrons. The fraction of sp³-hybridized carbons (Fsp3) is 0.700. The van der Waals surface area contributed by atoms with Gasteiger partial charge in [-0.2, -0.15) is 0 Å². The van der Waals surface area contributed by atoms with Crippen LogP contribution >= 0.6 is 0 Å². The van der Waals surface area contributed by atoms with E-state index in [1.165, 1.54) is 7.11 Å². The molecule has 0 heterocycles. The maximum atomic E-state index is 10.9. The zero-order valence-electron chi connectivity index (χ0n) is 8.89. The molecule has 0 bridgehead atoms. The van der Waals surface area contributed by atoms with Crippen molar-refractivity contribution in [3.63, 3.8) is 0 Å². The molecule has 0 rings (SSSR count). The van der Waals surface area contributed by atoms with Crippen LogP contribution in [0.5, 0.6) is 0 Å². The third kappa shape index (κ3) is 6.20. The second kappa shape index (κ2) is 4.90. The molecule has 0 aromatic rings. The smallest absolute Gasteiger partial charge is 0.353 e. The first-order valence-electron chi connectivity index (χ1n) is 4.41. The summed E-state index contributed by atoms with van der Waals surface area (Å²) >= 11 is 0. The van der Waals surface area contributed by atoms with Crippen molar-refractivity contribution < 1.29 is 9.53 Å². The summed E-state index contributed by atoms with van der Waals surface area (Å²) in [4.78, 5) is 10.9. The lowest BCUT2D eigenvalue weighted by molar-refractivity contribution is -0.136. The minimum absolute atomic E-state index is 0.201. The molecule has 76 valence electrons. The van der Waals surface area contributed by atoms with Crippen LogP contribution in [0.2, 0.25) is 0 Å². The first kappa shape index (κ1) is 12.0. The van der Waals surface area contributed by atoms with Gasteiger partial charge in [0.15, 0.2) is 0 Å². The Morgan fingerprint density at radius 2 is 2.00 bits per heavy atom. The fourth-order valence-electron chi connectivity index (χ4n) is 0.862. The quantitative estimate of drug-likeness (QED) is 0.539. The Kier molecular flexibility index (Phi) is 4.52. The molecule has 3 nitrogen and oxygen atoms in total. The van der Waals surface area contributed by atoms with Gasteiger partial charge in [0.05, 0.1) is 7.11 Å². The van der Waals surface area contributed by atoms with E-state index in [4.69, 9.17) is 5.73 Å². The second-order valence-electron chi connectivity index (χ2n) is 4.25. The number of hydrogen-bond acceptors (Lipinski definition) is 3. The molecule has 0 spiro atoms. The van der Waals surface area contributed by atoms with Gasteiger partial charge in [-0.3, -0.25) is 0 Å². The standard InChI is InChI=1S/C10H19NO2/c1-10(2,3)7-5-6-8(11)9(12)13-4/h6H,5,7,11H2,1-4H3/b8-6-. The van der Waals surface area contributed by atoms with Gasteiger partial charge in [0, 0.05) is 0 Å². The molecule has 0 fully saturated rings. The van der Waals surface area contributed by atoms with Crippen LogP contribution in [0.15, 0.2) is 11.8 Å². The highest BCUT2D eigenvalue weighted by Crippen LogP contribution is 2.20. The molecule has 2 N–H and O–H groups in total. The molecular weight excluding hydrogens is 166 g/mol. The highest BCUT2D eigenvalue weighted by molar-refractivity contribution is 5.87. The third-order valence-electron chi connectivity index (χ3n) is 1.68. The van der Waals surface area contributed by atoms with Gasteiger partial charge in [0.1, 0.15) is 5.70 Å². The summed E-state index contributed by atoms with van der Waals surface area (Å²) in [7, 11) is 1.33. The van der Waals surface area contributed by atoms with Gasteiger partial charge >= 0.3 is 5.97 Å². The van der Waals surface area contributed by atoms with Crippen molar-refractivity contribution in [1.29, 1.82) is 0 Å². The van der Waals surface area contributed by atoms with Crippen LogP contribution in [-0.2, 0) is 9.53 Å². The first-order valence-corrected chi connectivity index (χ1v) is 4.41. The number of nitrogens with two attached hydrogens (primary N) is 1. The van der Waals surface area contributed by atoms with Crippen LogP contribution in [0, 0.1) is 5.41 Å². The summed E-state index contributed by atoms with van der Waals surface area (Å²) in [6.45, 7) is 6.44. The van der Waals surface area contributed by atoms with E-state index in [1.54, 1.807) is 6.08 Å². The van der Waals surface area contributed by atoms with Crippen LogP contribution < -0.4 is 5.73 Å². The van der Waals surface area contributed by atoms with E-state index in [0.29, 0.717) is 0 Å². The van der Waals surface area contributed by atoms with Gasteiger partial charge < -0.3 is 10.5 Å². The number of carbonyl (C=O) groups is 1. The average molecular weight is 185 g/mol. The first-order chi connectivity index (χ1) is 5.87. The Labute approximate surface area is 79.9 Å². The van der Waals surface area contributed by atoms with Crippen molar-refractivity contribution in [1.82, 2.24) is 0 Å².